The van der Waals surface area contributed by atoms with Crippen molar-refractivity contribution >= 4 is 5.91 Å². The van der Waals surface area contributed by atoms with Gasteiger partial charge in [-0.2, -0.15) is 0 Å². The van der Waals surface area contributed by atoms with Gasteiger partial charge >= 0.3 is 5.69 Å². The van der Waals surface area contributed by atoms with Crippen molar-refractivity contribution in [2.75, 3.05) is 20.8 Å². The molecule has 0 aliphatic heterocycles. The third kappa shape index (κ3) is 4.73. The molecule has 1 aromatic heterocycles. The van der Waals surface area contributed by atoms with Gasteiger partial charge in [0.15, 0.2) is 17.1 Å². The summed E-state index contributed by atoms with van der Waals surface area (Å²) in [5.41, 5.74) is -1.35. The Balaban J connectivity index is 2.26. The number of methoxy groups -OCH3 is 2. The molecule has 1 aromatic carbocycles. The van der Waals surface area contributed by atoms with Crippen LogP contribution in [0.2, 0.25) is 0 Å². The fraction of sp³-hybridized carbons (Fsp3) is 0.421. The molecule has 28 heavy (non-hydrogen) atoms. The molecule has 0 saturated heterocycles. The molecule has 0 fully saturated rings. The summed E-state index contributed by atoms with van der Waals surface area (Å²) >= 11 is 0. The van der Waals surface area contributed by atoms with Crippen LogP contribution < -0.4 is 26.0 Å². The number of aromatic nitrogens is 2. The van der Waals surface area contributed by atoms with Gasteiger partial charge in [-0.05, 0) is 30.5 Å². The summed E-state index contributed by atoms with van der Waals surface area (Å²) in [5.74, 6) is -0.259. The van der Waals surface area contributed by atoms with Crippen molar-refractivity contribution in [1.82, 2.24) is 14.9 Å². The first-order chi connectivity index (χ1) is 13.4. The standard InChI is InChI=1S/C19H25N3O6/c1-4-5-9-20-16(23)15-17(24)21-19(26)22(18(15)25)10-8-12-6-7-13(27-2)14(11-12)28-3/h6-7,11,25H,4-5,8-10H2,1-3H3,(H,20,23)(H,21,24,26). The van der Waals surface area contributed by atoms with Gasteiger partial charge in [-0.15, -0.1) is 0 Å². The molecule has 1 amide bonds. The van der Waals surface area contributed by atoms with Crippen molar-refractivity contribution in [3.05, 3.63) is 50.2 Å². The molecule has 0 atom stereocenters. The topological polar surface area (TPSA) is 123 Å². The van der Waals surface area contributed by atoms with E-state index in [0.29, 0.717) is 24.5 Å². The highest BCUT2D eigenvalue weighted by Crippen LogP contribution is 2.27. The molecule has 0 radical (unpaired) electrons. The molecule has 0 aliphatic carbocycles. The maximum atomic E-state index is 12.2. The molecule has 0 unspecified atom stereocenters. The van der Waals surface area contributed by atoms with Crippen molar-refractivity contribution in [3.8, 4) is 17.4 Å². The summed E-state index contributed by atoms with van der Waals surface area (Å²) in [7, 11) is 3.05. The van der Waals surface area contributed by atoms with E-state index in [-0.39, 0.29) is 6.54 Å². The van der Waals surface area contributed by atoms with Gasteiger partial charge < -0.3 is 19.9 Å². The second kappa shape index (κ2) is 9.63. The Labute approximate surface area is 161 Å². The van der Waals surface area contributed by atoms with Crippen molar-refractivity contribution in [1.29, 1.82) is 0 Å². The van der Waals surface area contributed by atoms with Gasteiger partial charge in [0.25, 0.3) is 11.5 Å². The summed E-state index contributed by atoms with van der Waals surface area (Å²) < 4.78 is 11.4. The van der Waals surface area contributed by atoms with Crippen LogP contribution in [0, 0.1) is 0 Å². The van der Waals surface area contributed by atoms with Crippen molar-refractivity contribution in [2.45, 2.75) is 32.7 Å². The van der Waals surface area contributed by atoms with Crippen LogP contribution in [0.25, 0.3) is 0 Å². The van der Waals surface area contributed by atoms with Gasteiger partial charge in [0.05, 0.1) is 14.2 Å². The zero-order chi connectivity index (χ0) is 20.7. The second-order valence-corrected chi connectivity index (χ2v) is 6.16. The molecule has 9 heteroatoms. The van der Waals surface area contributed by atoms with Crippen LogP contribution in [-0.2, 0) is 13.0 Å². The third-order valence-electron chi connectivity index (χ3n) is 4.29. The molecule has 0 spiro atoms. The number of aryl methyl sites for hydroxylation is 1. The van der Waals surface area contributed by atoms with Crippen LogP contribution in [0.4, 0.5) is 0 Å². The largest absolute Gasteiger partial charge is 0.494 e. The predicted octanol–water partition coefficient (Wildman–Crippen LogP) is 1.03. The van der Waals surface area contributed by atoms with E-state index in [1.807, 2.05) is 6.92 Å². The number of aromatic hydroxyl groups is 1. The molecule has 152 valence electrons. The minimum absolute atomic E-state index is 0.0617. The lowest BCUT2D eigenvalue weighted by Gasteiger charge is -2.13. The number of nitrogens with zero attached hydrogens (tertiary/aromatic N) is 1. The zero-order valence-electron chi connectivity index (χ0n) is 16.2. The van der Waals surface area contributed by atoms with Gasteiger partial charge in [-0.1, -0.05) is 19.4 Å². The lowest BCUT2D eigenvalue weighted by atomic mass is 10.1. The van der Waals surface area contributed by atoms with Crippen molar-refractivity contribution in [2.24, 2.45) is 0 Å². The van der Waals surface area contributed by atoms with E-state index in [0.717, 1.165) is 23.0 Å². The molecular weight excluding hydrogens is 366 g/mol. The third-order valence-corrected chi connectivity index (χ3v) is 4.29. The Morgan fingerprint density at radius 1 is 1.21 bits per heavy atom. The maximum absolute atomic E-state index is 12.2. The number of nitrogens with one attached hydrogen (secondary N) is 2. The normalized spacial score (nSPS) is 10.5. The molecule has 2 aromatic rings. The number of carbonyl (C=O) groups is 1. The van der Waals surface area contributed by atoms with Crippen LogP contribution in [0.3, 0.4) is 0 Å². The number of aromatic amines is 1. The lowest BCUT2D eigenvalue weighted by Crippen LogP contribution is -2.38. The van der Waals surface area contributed by atoms with Gasteiger partial charge in [0, 0.05) is 13.1 Å². The summed E-state index contributed by atoms with van der Waals surface area (Å²) in [4.78, 5) is 38.4. The summed E-state index contributed by atoms with van der Waals surface area (Å²) in [6.45, 7) is 2.40. The Morgan fingerprint density at radius 2 is 1.93 bits per heavy atom. The zero-order valence-corrected chi connectivity index (χ0v) is 16.2. The minimum atomic E-state index is -0.918. The number of amides is 1. The highest BCUT2D eigenvalue weighted by molar-refractivity contribution is 5.95. The molecule has 0 saturated carbocycles. The number of hydrogen-bond donors (Lipinski definition) is 3. The monoisotopic (exact) mass is 391 g/mol. The number of carbonyl (C=O) groups excluding carboxylic acids is 1. The quantitative estimate of drug-likeness (QED) is 0.549. The Kier molecular flexibility index (Phi) is 7.25. The van der Waals surface area contributed by atoms with Crippen LogP contribution >= 0.6 is 0 Å². The average molecular weight is 391 g/mol. The van der Waals surface area contributed by atoms with Crippen molar-refractivity contribution in [3.63, 3.8) is 0 Å². The number of benzene rings is 1. The number of rotatable bonds is 9. The number of H-pyrrole nitrogens is 1. The van der Waals surface area contributed by atoms with E-state index >= 15 is 0 Å². The van der Waals surface area contributed by atoms with Crippen LogP contribution in [0.5, 0.6) is 17.4 Å². The van der Waals surface area contributed by atoms with E-state index in [4.69, 9.17) is 9.47 Å². The molecular formula is C19H25N3O6. The second-order valence-electron chi connectivity index (χ2n) is 6.16. The minimum Gasteiger partial charge on any atom is -0.494 e. The van der Waals surface area contributed by atoms with E-state index in [1.54, 1.807) is 18.2 Å². The Bertz CT molecular complexity index is 948. The summed E-state index contributed by atoms with van der Waals surface area (Å²) in [5, 5.41) is 12.9. The molecule has 3 N–H and O–H groups in total. The average Bonchev–Trinajstić information content (AvgIpc) is 2.67. The fourth-order valence-corrected chi connectivity index (χ4v) is 2.72. The number of hydrogen-bond acceptors (Lipinski definition) is 6. The van der Waals surface area contributed by atoms with E-state index in [2.05, 4.69) is 10.3 Å². The van der Waals surface area contributed by atoms with Gasteiger partial charge in [0.1, 0.15) is 0 Å². The SMILES string of the molecule is CCCCNC(=O)c1c(O)n(CCc2ccc(OC)c(OC)c2)c(=O)[nH]c1=O. The summed E-state index contributed by atoms with van der Waals surface area (Å²) in [6.07, 6.45) is 1.97. The molecule has 1 heterocycles. The molecule has 2 rings (SSSR count). The lowest BCUT2D eigenvalue weighted by molar-refractivity contribution is 0.0946. The first-order valence-corrected chi connectivity index (χ1v) is 8.98. The van der Waals surface area contributed by atoms with E-state index in [9.17, 15) is 19.5 Å². The molecule has 0 bridgehead atoms. The van der Waals surface area contributed by atoms with Gasteiger partial charge in [0.2, 0.25) is 5.88 Å². The smallest absolute Gasteiger partial charge is 0.331 e. The first kappa shape index (κ1) is 21.1. The van der Waals surface area contributed by atoms with Gasteiger partial charge in [-0.3, -0.25) is 19.1 Å². The number of ether oxygens (including phenoxy) is 2. The molecule has 9 nitrogen and oxygen atoms in total. The molecule has 0 aliphatic rings. The Morgan fingerprint density at radius 3 is 2.57 bits per heavy atom. The fourth-order valence-electron chi connectivity index (χ4n) is 2.72. The highest BCUT2D eigenvalue weighted by atomic mass is 16.5. The Hall–Kier alpha value is -3.23. The first-order valence-electron chi connectivity index (χ1n) is 8.98. The van der Waals surface area contributed by atoms with Crippen LogP contribution in [0.1, 0.15) is 35.7 Å². The van der Waals surface area contributed by atoms with Crippen LogP contribution in [0.15, 0.2) is 27.8 Å². The van der Waals surface area contributed by atoms with E-state index < -0.39 is 28.6 Å². The van der Waals surface area contributed by atoms with Gasteiger partial charge in [-0.25, -0.2) is 4.79 Å². The predicted molar refractivity (Wildman–Crippen MR) is 103 cm³/mol. The number of unbranched alkanes of at least 4 members (excludes halogenated alkanes) is 1. The highest BCUT2D eigenvalue weighted by Gasteiger charge is 2.20. The van der Waals surface area contributed by atoms with E-state index in [1.165, 1.54) is 14.2 Å². The van der Waals surface area contributed by atoms with Crippen molar-refractivity contribution < 1.29 is 19.4 Å². The summed E-state index contributed by atoms with van der Waals surface area (Å²) in [6, 6.07) is 5.29. The maximum Gasteiger partial charge on any atom is 0.331 e. The van der Waals surface area contributed by atoms with Crippen LogP contribution in [-0.4, -0.2) is 41.3 Å².